The Morgan fingerprint density at radius 1 is 1.13 bits per heavy atom. The van der Waals surface area contributed by atoms with Crippen LogP contribution in [0.4, 0.5) is 5.69 Å². The van der Waals surface area contributed by atoms with Gasteiger partial charge in [-0.2, -0.15) is 0 Å². The fourth-order valence-corrected chi connectivity index (χ4v) is 9.22. The lowest BCUT2D eigenvalue weighted by molar-refractivity contribution is -0.140. The van der Waals surface area contributed by atoms with Crippen molar-refractivity contribution >= 4 is 56.0 Å². The summed E-state index contributed by atoms with van der Waals surface area (Å²) in [7, 11) is -2.22. The van der Waals surface area contributed by atoms with Gasteiger partial charge in [0.05, 0.1) is 30.4 Å². The molecule has 0 radical (unpaired) electrons. The first-order valence-electron chi connectivity index (χ1n) is 15.8. The second kappa shape index (κ2) is 13.3. The van der Waals surface area contributed by atoms with Crippen LogP contribution < -0.4 is 14.9 Å². The van der Waals surface area contributed by atoms with Gasteiger partial charge in [0, 0.05) is 54.9 Å². The first kappa shape index (κ1) is 35.3. The van der Waals surface area contributed by atoms with Gasteiger partial charge in [0.25, 0.3) is 0 Å². The van der Waals surface area contributed by atoms with E-state index >= 15 is 0 Å². The minimum Gasteiger partial charge on any atom is -0.481 e. The maximum atomic E-state index is 13.6. The highest BCUT2D eigenvalue weighted by molar-refractivity contribution is 7.89. The van der Waals surface area contributed by atoms with Crippen LogP contribution in [0.3, 0.4) is 0 Å². The highest BCUT2D eigenvalue weighted by Crippen LogP contribution is 2.64. The zero-order chi connectivity index (χ0) is 34.2. The Labute approximate surface area is 270 Å². The molecule has 2 bridgehead atoms. The Bertz CT molecular complexity index is 1650. The molecule has 2 aliphatic carbocycles. The molecule has 1 aromatic carbocycles. The van der Waals surface area contributed by atoms with Crippen LogP contribution in [-0.4, -0.2) is 72.3 Å². The maximum absolute atomic E-state index is 13.6. The summed E-state index contributed by atoms with van der Waals surface area (Å²) < 4.78 is 30.4. The summed E-state index contributed by atoms with van der Waals surface area (Å²) in [6, 6.07) is 6.12. The zero-order valence-corrected chi connectivity index (χ0v) is 28.3. The van der Waals surface area contributed by atoms with Crippen LogP contribution in [0.2, 0.25) is 0 Å². The first-order valence-corrected chi connectivity index (χ1v) is 17.5. The van der Waals surface area contributed by atoms with E-state index in [1.165, 1.54) is 0 Å². The van der Waals surface area contributed by atoms with E-state index in [0.29, 0.717) is 25.1 Å². The number of para-hydroxylation sites is 1. The van der Waals surface area contributed by atoms with Gasteiger partial charge >= 0.3 is 5.97 Å². The number of carboxylic acid groups (broad SMARTS) is 1. The summed E-state index contributed by atoms with van der Waals surface area (Å²) in [5, 5.41) is 12.9. The number of nitrogens with one attached hydrogen (secondary N) is 2. The Kier molecular flexibility index (Phi) is 10.2. The molecule has 2 fully saturated rings. The summed E-state index contributed by atoms with van der Waals surface area (Å²) in [4.78, 5) is 66.4. The second-order valence-electron chi connectivity index (χ2n) is 13.7. The number of benzene rings is 1. The number of carbonyl (C=O) groups is 5. The smallest absolute Gasteiger partial charge is 0.305 e. The van der Waals surface area contributed by atoms with Crippen LogP contribution in [0.15, 0.2) is 30.5 Å². The summed E-state index contributed by atoms with van der Waals surface area (Å²) >= 11 is 0. The summed E-state index contributed by atoms with van der Waals surface area (Å²) in [5.41, 5.74) is 0.122. The van der Waals surface area contributed by atoms with Crippen molar-refractivity contribution in [1.29, 1.82) is 0 Å². The number of rotatable bonds is 15. The van der Waals surface area contributed by atoms with Crippen molar-refractivity contribution in [3.63, 3.8) is 0 Å². The molecule has 3 N–H and O–H groups in total. The molecule has 2 amide bonds. The predicted molar refractivity (Wildman–Crippen MR) is 173 cm³/mol. The lowest BCUT2D eigenvalue weighted by Crippen LogP contribution is -2.51. The quantitative estimate of drug-likeness (QED) is 0.262. The van der Waals surface area contributed by atoms with E-state index in [1.54, 1.807) is 18.7 Å². The highest BCUT2D eigenvalue weighted by Gasteiger charge is 2.65. The number of fused-ring (bicyclic) bond motifs is 3. The summed E-state index contributed by atoms with van der Waals surface area (Å²) in [6.07, 6.45) is 2.46. The molecule has 0 spiro atoms. The largest absolute Gasteiger partial charge is 0.481 e. The van der Waals surface area contributed by atoms with E-state index in [0.717, 1.165) is 17.3 Å². The number of amides is 2. The Hall–Kier alpha value is -3.58. The van der Waals surface area contributed by atoms with Crippen molar-refractivity contribution in [2.45, 2.75) is 72.8 Å². The molecule has 4 unspecified atom stereocenters. The van der Waals surface area contributed by atoms with Gasteiger partial charge in [-0.05, 0) is 43.1 Å². The third kappa shape index (κ3) is 6.76. The minimum absolute atomic E-state index is 0.0853. The molecule has 1 aromatic heterocycles. The van der Waals surface area contributed by atoms with E-state index < -0.39 is 69.2 Å². The van der Waals surface area contributed by atoms with Crippen LogP contribution in [-0.2, 0) is 41.0 Å². The van der Waals surface area contributed by atoms with Gasteiger partial charge in [-0.3, -0.25) is 24.0 Å². The van der Waals surface area contributed by atoms with Gasteiger partial charge in [0.1, 0.15) is 5.78 Å². The average molecular weight is 659 g/mol. The zero-order valence-electron chi connectivity index (χ0n) is 27.5. The van der Waals surface area contributed by atoms with E-state index in [9.17, 15) is 37.5 Å². The molecule has 252 valence electrons. The van der Waals surface area contributed by atoms with Crippen LogP contribution >= 0.6 is 0 Å². The van der Waals surface area contributed by atoms with Crippen molar-refractivity contribution in [1.82, 2.24) is 14.6 Å². The Balaban J connectivity index is 1.45. The van der Waals surface area contributed by atoms with Crippen LogP contribution in [0.5, 0.6) is 0 Å². The van der Waals surface area contributed by atoms with E-state index in [-0.39, 0.29) is 29.9 Å². The van der Waals surface area contributed by atoms with Crippen molar-refractivity contribution < 1.29 is 37.5 Å². The minimum atomic E-state index is -4.10. The Morgan fingerprint density at radius 2 is 1.80 bits per heavy atom. The third-order valence-corrected chi connectivity index (χ3v) is 11.9. The molecule has 2 aliphatic rings. The number of sulfonamides is 1. The molecule has 46 heavy (non-hydrogen) atoms. The maximum Gasteiger partial charge on any atom is 0.305 e. The summed E-state index contributed by atoms with van der Waals surface area (Å²) in [5.74, 6) is -4.82. The number of anilines is 1. The topological polar surface area (TPSA) is 172 Å². The van der Waals surface area contributed by atoms with Gasteiger partial charge in [-0.1, -0.05) is 45.9 Å². The number of carboxylic acids is 1. The number of Topliss-reactive ketones (excluding diaryl/α,β-unsaturated/α-hetero) is 2. The van der Waals surface area contributed by atoms with Crippen LogP contribution in [0.25, 0.3) is 10.9 Å². The van der Waals surface area contributed by atoms with Crippen LogP contribution in [0.1, 0.15) is 66.7 Å². The van der Waals surface area contributed by atoms with E-state index in [4.69, 9.17) is 0 Å². The first-order chi connectivity index (χ1) is 21.4. The molecule has 2 saturated carbocycles. The van der Waals surface area contributed by atoms with E-state index in [1.807, 2.05) is 62.8 Å². The molecular weight excluding hydrogens is 612 g/mol. The molecule has 13 heteroatoms. The van der Waals surface area contributed by atoms with Gasteiger partial charge in [-0.15, -0.1) is 0 Å². The number of nitrogens with zero attached hydrogens (tertiary/aromatic N) is 2. The van der Waals surface area contributed by atoms with Gasteiger partial charge in [0.15, 0.2) is 5.78 Å². The number of aliphatic carboxylic acids is 1. The molecule has 12 nitrogen and oxygen atoms in total. The van der Waals surface area contributed by atoms with Gasteiger partial charge < -0.3 is 19.9 Å². The number of ketones is 2. The molecule has 2 aromatic rings. The van der Waals surface area contributed by atoms with Crippen molar-refractivity contribution in [2.24, 2.45) is 35.6 Å². The van der Waals surface area contributed by atoms with Crippen molar-refractivity contribution in [3.8, 4) is 0 Å². The monoisotopic (exact) mass is 658 g/mol. The van der Waals surface area contributed by atoms with Crippen molar-refractivity contribution in [3.05, 3.63) is 30.5 Å². The normalized spacial score (nSPS) is 21.8. The average Bonchev–Trinajstić information content (AvgIpc) is 3.49. The number of aryl methyl sites for hydroxylation is 1. The molecule has 0 saturated heterocycles. The fourth-order valence-electron chi connectivity index (χ4n) is 7.43. The highest BCUT2D eigenvalue weighted by atomic mass is 32.2. The van der Waals surface area contributed by atoms with E-state index in [2.05, 4.69) is 10.0 Å². The number of hydrogen-bond acceptors (Lipinski definition) is 7. The third-order valence-electron chi connectivity index (χ3n) is 10.4. The standard InChI is InChI=1S/C33H46N4O8S/c1-7-37(26-18-36(6)25-11-9-8-10-22(25)26)29(40)15-23(20(2)3)31(43)35-24(16-30(41)42)27(38)17-34-46(44,45)19-33-13-12-21(14-28(33)39)32(33,4)5/h8-11,18,20-21,23-24,34H,7,12-17,19H2,1-6H3,(H,35,43)(H,41,42). The number of carbonyl (C=O) groups excluding carboxylic acids is 4. The fraction of sp³-hybridized carbons (Fsp3) is 0.606. The lowest BCUT2D eigenvalue weighted by Gasteiger charge is -2.36. The SMILES string of the molecule is CCN(C(=O)CC(C(=O)NC(CC(=O)O)C(=O)CNS(=O)(=O)CC12CCC(CC1=O)C2(C)C)C(C)C)c1cn(C)c2ccccc12. The predicted octanol–water partition coefficient (Wildman–Crippen LogP) is 3.04. The van der Waals surface area contributed by atoms with Crippen molar-refractivity contribution in [2.75, 3.05) is 23.7 Å². The molecular formula is C33H46N4O8S. The number of hydrogen-bond donors (Lipinski definition) is 3. The van der Waals surface area contributed by atoms with Crippen LogP contribution in [0, 0.1) is 28.6 Å². The molecule has 1 heterocycles. The Morgan fingerprint density at radius 3 is 2.37 bits per heavy atom. The lowest BCUT2D eigenvalue weighted by atomic mass is 9.70. The summed E-state index contributed by atoms with van der Waals surface area (Å²) in [6.45, 7) is 8.77. The molecule has 4 atom stereocenters. The van der Waals surface area contributed by atoms with Gasteiger partial charge in [0.2, 0.25) is 21.8 Å². The number of aromatic nitrogens is 1. The second-order valence-corrected chi connectivity index (χ2v) is 15.5. The van der Waals surface area contributed by atoms with Gasteiger partial charge in [-0.25, -0.2) is 13.1 Å². The molecule has 0 aliphatic heterocycles. The molecule has 4 rings (SSSR count).